The fraction of sp³-hybridized carbons (Fsp3) is 0.500. The van der Waals surface area contributed by atoms with Crippen molar-refractivity contribution in [1.29, 1.82) is 0 Å². The number of halogens is 1. The molecule has 3 rings (SSSR count). The molecule has 0 saturated heterocycles. The van der Waals surface area contributed by atoms with E-state index in [1.54, 1.807) is 25.3 Å². The zero-order chi connectivity index (χ0) is 21.0. The largest absolute Gasteiger partial charge is 0.382 e. The molecule has 0 amide bonds. The van der Waals surface area contributed by atoms with Gasteiger partial charge in [-0.3, -0.25) is 5.21 Å². The number of rotatable bonds is 7. The smallest absolute Gasteiger partial charge is 0.149 e. The quantitative estimate of drug-likeness (QED) is 0.592. The lowest BCUT2D eigenvalue weighted by Crippen LogP contribution is -2.36. The van der Waals surface area contributed by atoms with Gasteiger partial charge in [0.1, 0.15) is 17.3 Å². The third-order valence-electron chi connectivity index (χ3n) is 5.80. The number of pyridine rings is 1. The molecule has 2 aromatic rings. The molecule has 0 unspecified atom stereocenters. The maximum atomic E-state index is 14.3. The van der Waals surface area contributed by atoms with Crippen molar-refractivity contribution in [2.45, 2.75) is 51.2 Å². The Morgan fingerprint density at radius 2 is 1.97 bits per heavy atom. The fourth-order valence-corrected chi connectivity index (χ4v) is 4.03. The van der Waals surface area contributed by atoms with Gasteiger partial charge in [-0.15, -0.1) is 0 Å². The number of nitrogens with one attached hydrogen (secondary N) is 2. The van der Waals surface area contributed by atoms with Crippen molar-refractivity contribution in [3.8, 4) is 0 Å². The molecule has 160 valence electrons. The maximum absolute atomic E-state index is 14.3. The van der Waals surface area contributed by atoms with Gasteiger partial charge in [-0.1, -0.05) is 12.1 Å². The van der Waals surface area contributed by atoms with Crippen LogP contribution in [0.5, 0.6) is 0 Å². The van der Waals surface area contributed by atoms with Crippen molar-refractivity contribution < 1.29 is 11.0 Å². The molecule has 1 heterocycles. The molecule has 7 heteroatoms. The minimum atomic E-state index is -0.441. The third kappa shape index (κ3) is 5.16. The number of hydrogen-bond donors (Lipinski definition) is 3. The van der Waals surface area contributed by atoms with Crippen LogP contribution in [0.15, 0.2) is 30.5 Å². The number of benzene rings is 1. The predicted molar refractivity (Wildman–Crippen MR) is 118 cm³/mol. The fourth-order valence-electron chi connectivity index (χ4n) is 4.03. The summed E-state index contributed by atoms with van der Waals surface area (Å²) in [5.74, 6) is 0.314. The molecule has 3 N–H and O–H groups in total. The Hall–Kier alpha value is -2.38. The molecule has 1 aliphatic rings. The van der Waals surface area contributed by atoms with Gasteiger partial charge in [0.05, 0.1) is 6.54 Å². The van der Waals surface area contributed by atoms with Crippen LogP contribution < -0.4 is 15.7 Å². The first-order chi connectivity index (χ1) is 13.9. The molecule has 0 spiro atoms. The van der Waals surface area contributed by atoms with E-state index in [9.17, 15) is 9.60 Å². The van der Waals surface area contributed by atoms with E-state index in [1.807, 2.05) is 13.1 Å². The van der Waals surface area contributed by atoms with Gasteiger partial charge >= 0.3 is 0 Å². The number of para-hydroxylation sites is 1. The van der Waals surface area contributed by atoms with Crippen LogP contribution in [-0.2, 0) is 6.54 Å². The normalized spacial score (nSPS) is 19.3. The van der Waals surface area contributed by atoms with Crippen molar-refractivity contribution in [2.24, 2.45) is 0 Å². The van der Waals surface area contributed by atoms with Crippen LogP contribution in [0.1, 0.15) is 38.2 Å². The summed E-state index contributed by atoms with van der Waals surface area (Å²) in [6, 6.07) is 7.74. The second-order valence-corrected chi connectivity index (χ2v) is 8.05. The summed E-state index contributed by atoms with van der Waals surface area (Å²) in [5.41, 5.74) is 2.63. The zero-order valence-electron chi connectivity index (χ0n) is 17.7. The van der Waals surface area contributed by atoms with Gasteiger partial charge in [0.2, 0.25) is 0 Å². The highest BCUT2D eigenvalue weighted by molar-refractivity contribution is 5.60. The summed E-state index contributed by atoms with van der Waals surface area (Å²) in [4.78, 5) is 6.69. The van der Waals surface area contributed by atoms with Gasteiger partial charge in [0.15, 0.2) is 0 Å². The van der Waals surface area contributed by atoms with E-state index >= 15 is 0 Å². The topological polar surface area (TPSA) is 63.7 Å². The van der Waals surface area contributed by atoms with E-state index in [2.05, 4.69) is 34.6 Å². The highest BCUT2D eigenvalue weighted by atomic mass is 19.1. The van der Waals surface area contributed by atoms with Crippen LogP contribution >= 0.6 is 0 Å². The van der Waals surface area contributed by atoms with E-state index in [4.69, 9.17) is 0 Å². The van der Waals surface area contributed by atoms with Crippen LogP contribution in [0, 0.1) is 12.7 Å². The second kappa shape index (κ2) is 9.41. The van der Waals surface area contributed by atoms with Gasteiger partial charge in [-0.25, -0.2) is 14.4 Å². The Morgan fingerprint density at radius 1 is 1.24 bits per heavy atom. The highest BCUT2D eigenvalue weighted by Crippen LogP contribution is 2.29. The van der Waals surface area contributed by atoms with Gasteiger partial charge in [0.25, 0.3) is 0 Å². The molecule has 1 aliphatic carbocycles. The van der Waals surface area contributed by atoms with Gasteiger partial charge in [-0.05, 0) is 58.3 Å². The molecule has 1 aromatic carbocycles. The molecule has 0 bridgehead atoms. The lowest BCUT2D eigenvalue weighted by atomic mass is 9.90. The third-order valence-corrected chi connectivity index (χ3v) is 5.80. The van der Waals surface area contributed by atoms with Crippen LogP contribution in [0.2, 0.25) is 0 Å². The molecule has 1 fully saturated rings. The van der Waals surface area contributed by atoms with Gasteiger partial charge < -0.3 is 15.5 Å². The van der Waals surface area contributed by atoms with Crippen LogP contribution in [0.3, 0.4) is 0 Å². The summed E-state index contributed by atoms with van der Waals surface area (Å²) in [7, 11) is 6.10. The van der Waals surface area contributed by atoms with Crippen molar-refractivity contribution in [3.05, 3.63) is 47.4 Å². The standard InChI is InChI=1S/C22H32FN5O.H2/c1-15-6-5-7-19(23)22(15)28(29)14-16-13-25-21(24-2)12-20(16)26-17-8-10-18(11-9-17)27(3)4;/h5-7,12-13,17-18,29H,8-11,14H2,1-4H3,(H2,24,25,26);1H. The number of aryl methyl sites for hydroxylation is 1. The Labute approximate surface area is 174 Å². The number of hydroxylamine groups is 1. The maximum Gasteiger partial charge on any atom is 0.149 e. The van der Waals surface area contributed by atoms with E-state index in [1.165, 1.54) is 6.07 Å². The van der Waals surface area contributed by atoms with Crippen LogP contribution in [-0.4, -0.2) is 48.3 Å². The van der Waals surface area contributed by atoms with Crippen LogP contribution in [0.25, 0.3) is 0 Å². The Balaban J connectivity index is 0.00000320. The molecule has 1 aromatic heterocycles. The molecule has 0 radical (unpaired) electrons. The zero-order valence-corrected chi connectivity index (χ0v) is 17.7. The van der Waals surface area contributed by atoms with E-state index in [0.717, 1.165) is 47.8 Å². The van der Waals surface area contributed by atoms with Crippen molar-refractivity contribution >= 4 is 17.2 Å². The molecule has 6 nitrogen and oxygen atoms in total. The number of anilines is 3. The van der Waals surface area contributed by atoms with Gasteiger partial charge in [0, 0.05) is 44.1 Å². The highest BCUT2D eigenvalue weighted by Gasteiger charge is 2.23. The monoisotopic (exact) mass is 403 g/mol. The van der Waals surface area contributed by atoms with E-state index < -0.39 is 5.82 Å². The van der Waals surface area contributed by atoms with Crippen molar-refractivity contribution in [1.82, 2.24) is 9.88 Å². The Kier molecular flexibility index (Phi) is 6.92. The number of hydrogen-bond acceptors (Lipinski definition) is 6. The van der Waals surface area contributed by atoms with E-state index in [-0.39, 0.29) is 13.7 Å². The minimum Gasteiger partial charge on any atom is -0.382 e. The average Bonchev–Trinajstić information content (AvgIpc) is 2.69. The molecule has 29 heavy (non-hydrogen) atoms. The SMILES string of the molecule is CNc1cc(NC2CCC(N(C)C)CC2)c(CN(O)c2c(C)cccc2F)cn1.[HH]. The first kappa shape index (κ1) is 21.3. The molecule has 0 atom stereocenters. The lowest BCUT2D eigenvalue weighted by Gasteiger charge is -2.34. The minimum absolute atomic E-state index is 0. The molecule has 1 saturated carbocycles. The second-order valence-electron chi connectivity index (χ2n) is 8.05. The number of nitrogens with zero attached hydrogens (tertiary/aromatic N) is 3. The Bertz CT molecular complexity index is 807. The van der Waals surface area contributed by atoms with Crippen molar-refractivity contribution in [2.75, 3.05) is 36.8 Å². The van der Waals surface area contributed by atoms with Crippen molar-refractivity contribution in [3.63, 3.8) is 0 Å². The summed E-state index contributed by atoms with van der Waals surface area (Å²) in [6.07, 6.45) is 6.23. The first-order valence-corrected chi connectivity index (χ1v) is 10.2. The van der Waals surface area contributed by atoms with Gasteiger partial charge in [-0.2, -0.15) is 0 Å². The van der Waals surface area contributed by atoms with E-state index in [0.29, 0.717) is 17.6 Å². The summed E-state index contributed by atoms with van der Waals surface area (Å²) >= 11 is 0. The number of aromatic nitrogens is 1. The van der Waals surface area contributed by atoms with Crippen LogP contribution in [0.4, 0.5) is 21.6 Å². The summed E-state index contributed by atoms with van der Waals surface area (Å²) in [5, 5.41) is 18.3. The summed E-state index contributed by atoms with van der Waals surface area (Å²) in [6.45, 7) is 1.93. The first-order valence-electron chi connectivity index (χ1n) is 10.2. The molecular weight excluding hydrogens is 369 g/mol. The average molecular weight is 404 g/mol. The molecular formula is C22H34FN5O. The lowest BCUT2D eigenvalue weighted by molar-refractivity contribution is 0.221. The summed E-state index contributed by atoms with van der Waals surface area (Å²) < 4.78 is 14.3. The Morgan fingerprint density at radius 3 is 2.59 bits per heavy atom. The predicted octanol–water partition coefficient (Wildman–Crippen LogP) is 4.50. The molecule has 0 aliphatic heterocycles.